The van der Waals surface area contributed by atoms with Gasteiger partial charge in [-0.1, -0.05) is 42.8 Å². The van der Waals surface area contributed by atoms with E-state index in [1.165, 1.54) is 0 Å². The van der Waals surface area contributed by atoms with Gasteiger partial charge < -0.3 is 20.1 Å². The number of benzene rings is 1. The number of nitrogens with one attached hydrogen (secondary N) is 4. The summed E-state index contributed by atoms with van der Waals surface area (Å²) in [5, 5.41) is 6.86. The molecule has 3 aliphatic rings. The maximum atomic E-state index is 12.0. The number of halogens is 1. The molecule has 2 atom stereocenters. The maximum absolute atomic E-state index is 12.0. The zero-order valence-corrected chi connectivity index (χ0v) is 25.0. The second-order valence-corrected chi connectivity index (χ2v) is 12.7. The van der Waals surface area contributed by atoms with Crippen molar-refractivity contribution in [3.05, 3.63) is 65.0 Å². The number of nitrogens with zero attached hydrogens (tertiary/aromatic N) is 3. The smallest absolute Gasteiger partial charge is 0.277 e. The molecule has 222 valence electrons. The van der Waals surface area contributed by atoms with Crippen LogP contribution in [0, 0.1) is 5.92 Å². The van der Waals surface area contributed by atoms with E-state index in [2.05, 4.69) is 60.9 Å². The van der Waals surface area contributed by atoms with Crippen molar-refractivity contribution >= 4 is 39.3 Å². The highest BCUT2D eigenvalue weighted by molar-refractivity contribution is 7.87. The Labute approximate surface area is 246 Å². The van der Waals surface area contributed by atoms with Crippen molar-refractivity contribution in [2.24, 2.45) is 5.92 Å². The third-order valence-corrected chi connectivity index (χ3v) is 8.88. The lowest BCUT2D eigenvalue weighted by Gasteiger charge is -2.35. The molecule has 2 unspecified atom stereocenters. The number of rotatable bonds is 13. The van der Waals surface area contributed by atoms with Gasteiger partial charge in [-0.25, -0.2) is 4.98 Å². The highest BCUT2D eigenvalue weighted by Crippen LogP contribution is 2.31. The summed E-state index contributed by atoms with van der Waals surface area (Å²) in [6, 6.07) is 7.44. The summed E-state index contributed by atoms with van der Waals surface area (Å²) < 4.78 is 41.0. The largest absolute Gasteiger partial charge is 0.379 e. The molecule has 0 bridgehead atoms. The van der Waals surface area contributed by atoms with E-state index in [1.54, 1.807) is 6.20 Å². The van der Waals surface area contributed by atoms with Crippen LogP contribution >= 0.6 is 11.6 Å². The molecule has 2 heterocycles. The van der Waals surface area contributed by atoms with Crippen LogP contribution in [0.2, 0.25) is 5.02 Å². The molecule has 2 aliphatic carbocycles. The fourth-order valence-electron chi connectivity index (χ4n) is 4.51. The highest BCUT2D eigenvalue weighted by atomic mass is 35.5. The van der Waals surface area contributed by atoms with Gasteiger partial charge in [-0.15, -0.1) is 0 Å². The summed E-state index contributed by atoms with van der Waals surface area (Å²) in [6.07, 6.45) is 9.52. The molecule has 11 nitrogen and oxygen atoms in total. The molecule has 2 fully saturated rings. The second-order valence-electron chi connectivity index (χ2n) is 10.8. The fraction of sp³-hybridized carbons (Fsp3) is 0.500. The number of anilines is 3. The Kier molecular flexibility index (Phi) is 9.59. The van der Waals surface area contributed by atoms with E-state index >= 15 is 0 Å². The van der Waals surface area contributed by atoms with Gasteiger partial charge in [0.05, 0.1) is 31.6 Å². The minimum absolute atomic E-state index is 0.0647. The van der Waals surface area contributed by atoms with Crippen LogP contribution in [0.3, 0.4) is 0 Å². The lowest BCUT2D eigenvalue weighted by atomic mass is 9.85. The summed E-state index contributed by atoms with van der Waals surface area (Å²) in [6.45, 7) is 9.45. The van der Waals surface area contributed by atoms with Gasteiger partial charge in [0.1, 0.15) is 5.02 Å². The number of allylic oxidation sites excluding steroid dienone is 1. The van der Waals surface area contributed by atoms with Crippen LogP contribution in [0.1, 0.15) is 32.3 Å². The van der Waals surface area contributed by atoms with Gasteiger partial charge in [0.15, 0.2) is 5.82 Å². The van der Waals surface area contributed by atoms with E-state index in [0.29, 0.717) is 23.4 Å². The minimum atomic E-state index is -3.50. The van der Waals surface area contributed by atoms with Gasteiger partial charge in [-0.2, -0.15) is 22.8 Å². The van der Waals surface area contributed by atoms with Crippen molar-refractivity contribution in [3.8, 4) is 0 Å². The number of aromatic nitrogens is 2. The molecule has 1 aromatic heterocycles. The molecular weight excluding hydrogens is 566 g/mol. The summed E-state index contributed by atoms with van der Waals surface area (Å²) in [7, 11) is -3.50. The topological polar surface area (TPSA) is 130 Å². The Morgan fingerprint density at radius 3 is 2.63 bits per heavy atom. The van der Waals surface area contributed by atoms with Gasteiger partial charge >= 0.3 is 0 Å². The van der Waals surface area contributed by atoms with Crippen LogP contribution in [0.5, 0.6) is 0 Å². The fourth-order valence-corrected chi connectivity index (χ4v) is 5.76. The SMILES string of the molecule is CC1C=C(Nc2ncc(Cl)c(Nc3ccc(CNS(=O)(=O)NC4CC4)cc3)n2)C=CC1(C)OCCN1CCOCC1. The molecule has 41 heavy (non-hydrogen) atoms. The van der Waals surface area contributed by atoms with E-state index in [0.717, 1.165) is 62.6 Å². The van der Waals surface area contributed by atoms with E-state index in [-0.39, 0.29) is 18.5 Å². The summed E-state index contributed by atoms with van der Waals surface area (Å²) in [4.78, 5) is 11.3. The first-order valence-corrected chi connectivity index (χ1v) is 15.8. The molecule has 4 N–H and O–H groups in total. The van der Waals surface area contributed by atoms with Crippen molar-refractivity contribution in [2.75, 3.05) is 50.1 Å². The third kappa shape index (κ3) is 8.71. The standard InChI is InChI=1S/C28H38ClN7O4S/c1-20-17-24(9-10-28(20,2)40-16-13-36-11-14-39-15-12-36)33-27-30-19-25(29)26(34-27)32-22-5-3-21(4-6-22)18-31-41(37,38)35-23-7-8-23/h3-6,9-10,17,19-20,23,31,35H,7-8,11-16,18H2,1-2H3,(H2,30,32,33,34). The Morgan fingerprint density at radius 1 is 1.17 bits per heavy atom. The second kappa shape index (κ2) is 13.2. The van der Waals surface area contributed by atoms with Crippen LogP contribution in [0.15, 0.2) is 54.4 Å². The van der Waals surface area contributed by atoms with Gasteiger partial charge in [0, 0.05) is 49.5 Å². The lowest BCUT2D eigenvalue weighted by molar-refractivity contribution is -0.0404. The van der Waals surface area contributed by atoms with Gasteiger partial charge in [0.2, 0.25) is 5.95 Å². The molecule has 5 rings (SSSR count). The predicted molar refractivity (Wildman–Crippen MR) is 160 cm³/mol. The number of morpholine rings is 1. The Bertz CT molecular complexity index is 1360. The molecule has 0 amide bonds. The molecule has 1 saturated heterocycles. The number of ether oxygens (including phenoxy) is 2. The van der Waals surface area contributed by atoms with Gasteiger partial charge in [0.25, 0.3) is 10.2 Å². The van der Waals surface area contributed by atoms with Crippen LogP contribution < -0.4 is 20.1 Å². The maximum Gasteiger partial charge on any atom is 0.277 e. The summed E-state index contributed by atoms with van der Waals surface area (Å²) >= 11 is 6.38. The van der Waals surface area contributed by atoms with Crippen LogP contribution in [-0.2, 0) is 26.2 Å². The number of hydrogen-bond donors (Lipinski definition) is 4. The zero-order chi connectivity index (χ0) is 28.9. The lowest BCUT2D eigenvalue weighted by Crippen LogP contribution is -2.41. The zero-order valence-electron chi connectivity index (χ0n) is 23.4. The molecule has 1 saturated carbocycles. The normalized spacial score (nSPS) is 23.3. The van der Waals surface area contributed by atoms with Crippen molar-refractivity contribution in [2.45, 2.75) is 44.9 Å². The third-order valence-electron chi connectivity index (χ3n) is 7.43. The molecule has 13 heteroatoms. The first kappa shape index (κ1) is 29.9. The van der Waals surface area contributed by atoms with E-state index in [9.17, 15) is 8.42 Å². The average Bonchev–Trinajstić information content (AvgIpc) is 3.76. The Balaban J connectivity index is 1.13. The van der Waals surface area contributed by atoms with Crippen LogP contribution in [0.4, 0.5) is 17.5 Å². The van der Waals surface area contributed by atoms with Gasteiger partial charge in [-0.05, 0) is 43.5 Å². The number of hydrogen-bond acceptors (Lipinski definition) is 9. The molecule has 1 aliphatic heterocycles. The molecule has 0 spiro atoms. The van der Waals surface area contributed by atoms with Crippen molar-refractivity contribution in [3.63, 3.8) is 0 Å². The molecule has 2 aromatic rings. The van der Waals surface area contributed by atoms with Gasteiger partial charge in [-0.3, -0.25) is 4.90 Å². The first-order valence-electron chi connectivity index (χ1n) is 13.9. The van der Waals surface area contributed by atoms with Crippen molar-refractivity contribution < 1.29 is 17.9 Å². The average molecular weight is 604 g/mol. The Hall–Kier alpha value is -2.58. The van der Waals surface area contributed by atoms with E-state index < -0.39 is 15.8 Å². The van der Waals surface area contributed by atoms with Crippen molar-refractivity contribution in [1.29, 1.82) is 0 Å². The summed E-state index contributed by atoms with van der Waals surface area (Å²) in [5.41, 5.74) is 2.07. The molecule has 1 aromatic carbocycles. The predicted octanol–water partition coefficient (Wildman–Crippen LogP) is 3.57. The quantitative estimate of drug-likeness (QED) is 0.271. The Morgan fingerprint density at radius 2 is 1.93 bits per heavy atom. The highest BCUT2D eigenvalue weighted by Gasteiger charge is 2.31. The molecule has 0 radical (unpaired) electrons. The first-order chi connectivity index (χ1) is 19.7. The van der Waals surface area contributed by atoms with E-state index in [4.69, 9.17) is 21.1 Å². The summed E-state index contributed by atoms with van der Waals surface area (Å²) in [5.74, 6) is 0.999. The minimum Gasteiger partial charge on any atom is -0.379 e. The molecular formula is C28H38ClN7O4S. The monoisotopic (exact) mass is 603 g/mol. The van der Waals surface area contributed by atoms with E-state index in [1.807, 2.05) is 30.3 Å². The van der Waals surface area contributed by atoms with Crippen LogP contribution in [0.25, 0.3) is 0 Å². The van der Waals surface area contributed by atoms with Crippen molar-refractivity contribution in [1.82, 2.24) is 24.3 Å². The van der Waals surface area contributed by atoms with Crippen LogP contribution in [-0.4, -0.2) is 74.4 Å².